The Bertz CT molecular complexity index is 956. The number of amides is 1. The minimum atomic E-state index is -4.66. The van der Waals surface area contributed by atoms with Gasteiger partial charge in [-0.15, -0.1) is 0 Å². The van der Waals surface area contributed by atoms with Crippen molar-refractivity contribution in [2.45, 2.75) is 25.2 Å². The van der Waals surface area contributed by atoms with E-state index in [9.17, 15) is 27.9 Å². The number of likely N-dealkylation sites (N-methyl/N-ethyl adjacent to an activating group) is 1. The first-order valence-electron chi connectivity index (χ1n) is 9.87. The zero-order valence-electron chi connectivity index (χ0n) is 17.3. The van der Waals surface area contributed by atoms with Crippen LogP contribution in [0.2, 0.25) is 0 Å². The number of nitrogens with zero attached hydrogens (tertiary/aromatic N) is 3. The molecule has 0 aliphatic carbocycles. The lowest BCUT2D eigenvalue weighted by atomic mass is 10.1. The molecule has 0 radical (unpaired) electrons. The first-order chi connectivity index (χ1) is 15.2. The normalized spacial score (nSPS) is 16.4. The molecule has 11 heteroatoms. The Balaban J connectivity index is 1.70. The fourth-order valence-corrected chi connectivity index (χ4v) is 3.45. The molecular formula is C21H23F3N4O4. The van der Waals surface area contributed by atoms with Crippen LogP contribution in [-0.4, -0.2) is 65.8 Å². The molecule has 32 heavy (non-hydrogen) atoms. The predicted octanol–water partition coefficient (Wildman–Crippen LogP) is 2.76. The van der Waals surface area contributed by atoms with Crippen LogP contribution >= 0.6 is 0 Å². The number of carbonyl (C=O) groups excluding carboxylic acids is 1. The highest BCUT2D eigenvalue weighted by atomic mass is 19.4. The lowest BCUT2D eigenvalue weighted by molar-refractivity contribution is -0.165. The standard InChI is InChI=1S/C21H23F3N4O4/c1-27-16-7-6-15(32-10-4-9-26-17-5-2-3-8-25-17)11-14(16)12-28(13-21(22,23)24)19(29)18(27)20(30)31/h2-3,5-8,11,18H,4,9-10,12-13H2,1H3,(H,25,26)(H,30,31). The van der Waals surface area contributed by atoms with Crippen LogP contribution in [0.1, 0.15) is 12.0 Å². The summed E-state index contributed by atoms with van der Waals surface area (Å²) < 4.78 is 44.7. The molecule has 8 nitrogen and oxygen atoms in total. The fraction of sp³-hybridized carbons (Fsp3) is 0.381. The number of aromatic nitrogens is 1. The first-order valence-corrected chi connectivity index (χ1v) is 9.87. The molecule has 0 fully saturated rings. The number of aliphatic carboxylic acids is 1. The van der Waals surface area contributed by atoms with E-state index in [1.165, 1.54) is 11.9 Å². The largest absolute Gasteiger partial charge is 0.494 e. The van der Waals surface area contributed by atoms with Gasteiger partial charge in [0, 0.05) is 32.0 Å². The third kappa shape index (κ3) is 5.80. The van der Waals surface area contributed by atoms with Gasteiger partial charge >= 0.3 is 12.1 Å². The second-order valence-corrected chi connectivity index (χ2v) is 7.30. The van der Waals surface area contributed by atoms with Gasteiger partial charge in [0.1, 0.15) is 18.1 Å². The minimum absolute atomic E-state index is 0.345. The summed E-state index contributed by atoms with van der Waals surface area (Å²) in [5.41, 5.74) is 0.734. The highest BCUT2D eigenvalue weighted by Crippen LogP contribution is 2.32. The molecule has 1 aliphatic rings. The highest BCUT2D eigenvalue weighted by molar-refractivity contribution is 6.05. The number of carboxylic acids is 1. The maximum atomic E-state index is 13.0. The van der Waals surface area contributed by atoms with Gasteiger partial charge in [0.05, 0.1) is 6.61 Å². The Hall–Kier alpha value is -3.50. The Labute approximate surface area is 182 Å². The number of alkyl halides is 3. The van der Waals surface area contributed by atoms with Gasteiger partial charge in [-0.05, 0) is 42.3 Å². The van der Waals surface area contributed by atoms with Gasteiger partial charge in [-0.2, -0.15) is 13.2 Å². The SMILES string of the molecule is CN1c2ccc(OCCCNc3ccccn3)cc2CN(CC(F)(F)F)C(=O)C1C(=O)O. The van der Waals surface area contributed by atoms with Crippen LogP contribution < -0.4 is 15.0 Å². The number of nitrogens with one attached hydrogen (secondary N) is 1. The lowest BCUT2D eigenvalue weighted by Crippen LogP contribution is -2.51. The van der Waals surface area contributed by atoms with Crippen molar-refractivity contribution < 1.29 is 32.6 Å². The molecule has 2 heterocycles. The topological polar surface area (TPSA) is 95.0 Å². The van der Waals surface area contributed by atoms with E-state index in [1.54, 1.807) is 24.4 Å². The molecule has 0 bridgehead atoms. The first kappa shape index (κ1) is 23.2. The number of hydrogen-bond donors (Lipinski definition) is 2. The molecule has 1 aromatic heterocycles. The molecule has 1 atom stereocenters. The third-order valence-corrected chi connectivity index (χ3v) is 4.89. The van der Waals surface area contributed by atoms with Crippen LogP contribution in [0, 0.1) is 0 Å². The van der Waals surface area contributed by atoms with Crippen molar-refractivity contribution in [3.8, 4) is 5.75 Å². The lowest BCUT2D eigenvalue weighted by Gasteiger charge is -2.27. The maximum Gasteiger partial charge on any atom is 0.406 e. The Kier molecular flexibility index (Phi) is 7.06. The molecule has 1 unspecified atom stereocenters. The summed E-state index contributed by atoms with van der Waals surface area (Å²) in [6.45, 7) is -0.955. The molecule has 2 aromatic rings. The van der Waals surface area contributed by atoms with Crippen molar-refractivity contribution in [2.75, 3.05) is 37.0 Å². The quantitative estimate of drug-likeness (QED) is 0.470. The van der Waals surface area contributed by atoms with Crippen LogP contribution in [0.15, 0.2) is 42.6 Å². The van der Waals surface area contributed by atoms with Crippen molar-refractivity contribution in [3.63, 3.8) is 0 Å². The zero-order chi connectivity index (χ0) is 23.3. The molecule has 0 saturated carbocycles. The van der Waals surface area contributed by atoms with Crippen molar-refractivity contribution in [2.24, 2.45) is 0 Å². The summed E-state index contributed by atoms with van der Waals surface area (Å²) in [6, 6.07) is 8.46. The number of anilines is 2. The van der Waals surface area contributed by atoms with E-state index in [-0.39, 0.29) is 6.54 Å². The summed E-state index contributed by atoms with van der Waals surface area (Å²) in [5, 5.41) is 12.6. The average molecular weight is 452 g/mol. The zero-order valence-corrected chi connectivity index (χ0v) is 17.3. The number of rotatable bonds is 8. The molecule has 3 rings (SSSR count). The maximum absolute atomic E-state index is 13.0. The molecule has 1 aromatic carbocycles. The van der Waals surface area contributed by atoms with Crippen molar-refractivity contribution in [3.05, 3.63) is 48.2 Å². The number of ether oxygens (including phenoxy) is 1. The van der Waals surface area contributed by atoms with Gasteiger partial charge in [-0.1, -0.05) is 6.07 Å². The van der Waals surface area contributed by atoms with Gasteiger partial charge in [-0.25, -0.2) is 9.78 Å². The van der Waals surface area contributed by atoms with Gasteiger partial charge in [0.25, 0.3) is 5.91 Å². The fourth-order valence-electron chi connectivity index (χ4n) is 3.45. The van der Waals surface area contributed by atoms with Crippen LogP contribution in [0.4, 0.5) is 24.7 Å². The van der Waals surface area contributed by atoms with Crippen LogP contribution in [0.5, 0.6) is 5.75 Å². The van der Waals surface area contributed by atoms with E-state index >= 15 is 0 Å². The van der Waals surface area contributed by atoms with E-state index in [1.807, 2.05) is 18.2 Å². The number of pyridine rings is 1. The monoisotopic (exact) mass is 452 g/mol. The number of benzene rings is 1. The second kappa shape index (κ2) is 9.75. The Morgan fingerprint density at radius 3 is 2.75 bits per heavy atom. The summed E-state index contributed by atoms with van der Waals surface area (Å²) in [7, 11) is 1.37. The van der Waals surface area contributed by atoms with Crippen molar-refractivity contribution >= 4 is 23.4 Å². The molecule has 0 saturated heterocycles. The number of carboxylic acid groups (broad SMARTS) is 1. The molecule has 1 aliphatic heterocycles. The van der Waals surface area contributed by atoms with E-state index in [0.29, 0.717) is 41.5 Å². The van der Waals surface area contributed by atoms with E-state index in [0.717, 1.165) is 5.82 Å². The van der Waals surface area contributed by atoms with Crippen LogP contribution in [-0.2, 0) is 16.1 Å². The third-order valence-electron chi connectivity index (χ3n) is 4.89. The number of halogens is 3. The number of hydrogen-bond acceptors (Lipinski definition) is 6. The van der Waals surface area contributed by atoms with Crippen LogP contribution in [0.3, 0.4) is 0 Å². The van der Waals surface area contributed by atoms with E-state index < -0.39 is 30.6 Å². The predicted molar refractivity (Wildman–Crippen MR) is 111 cm³/mol. The molecule has 1 amide bonds. The highest BCUT2D eigenvalue weighted by Gasteiger charge is 2.42. The minimum Gasteiger partial charge on any atom is -0.494 e. The van der Waals surface area contributed by atoms with Crippen molar-refractivity contribution in [1.29, 1.82) is 0 Å². The Morgan fingerprint density at radius 2 is 2.09 bits per heavy atom. The molecule has 172 valence electrons. The number of carbonyl (C=O) groups is 2. The van der Waals surface area contributed by atoms with Gasteiger partial charge < -0.3 is 25.0 Å². The van der Waals surface area contributed by atoms with Gasteiger partial charge in [-0.3, -0.25) is 4.79 Å². The summed E-state index contributed by atoms with van der Waals surface area (Å²) >= 11 is 0. The van der Waals surface area contributed by atoms with E-state index in [2.05, 4.69) is 10.3 Å². The average Bonchev–Trinajstić information content (AvgIpc) is 2.81. The number of fused-ring (bicyclic) bond motifs is 1. The summed E-state index contributed by atoms with van der Waals surface area (Å²) in [5.74, 6) is -1.47. The van der Waals surface area contributed by atoms with Gasteiger partial charge in [0.15, 0.2) is 0 Å². The Morgan fingerprint density at radius 1 is 1.31 bits per heavy atom. The molecule has 2 N–H and O–H groups in total. The summed E-state index contributed by atoms with van der Waals surface area (Å²) in [6.07, 6.45) is -2.34. The molecular weight excluding hydrogens is 429 g/mol. The van der Waals surface area contributed by atoms with Gasteiger partial charge in [0.2, 0.25) is 6.04 Å². The van der Waals surface area contributed by atoms with Crippen LogP contribution in [0.25, 0.3) is 0 Å². The molecule has 0 spiro atoms. The van der Waals surface area contributed by atoms with E-state index in [4.69, 9.17) is 4.74 Å². The summed E-state index contributed by atoms with van der Waals surface area (Å²) in [4.78, 5) is 30.0. The second-order valence-electron chi connectivity index (χ2n) is 7.30. The van der Waals surface area contributed by atoms with Crippen molar-refractivity contribution in [1.82, 2.24) is 9.88 Å². The smallest absolute Gasteiger partial charge is 0.406 e.